The average Bonchev–Trinajstić information content (AvgIpc) is 3.13. The Kier molecular flexibility index (Phi) is 6.09. The van der Waals surface area contributed by atoms with Crippen LogP contribution in [0.15, 0.2) is 4.99 Å². The third kappa shape index (κ3) is 4.59. The Morgan fingerprint density at radius 3 is 2.59 bits per heavy atom. The number of aliphatic imine (C=N–C) groups is 1. The molecule has 1 heterocycles. The van der Waals surface area contributed by atoms with Gasteiger partial charge in [-0.15, -0.1) is 0 Å². The standard InChI is InChI=1S/C15H30N4O2S/c1-3-16-14(17-10-11-18-22(20,21)4-2)19-12-9-15(13-19)7-5-6-8-15/h18H,3-13H2,1-2H3,(H,16,17). The van der Waals surface area contributed by atoms with Crippen molar-refractivity contribution in [1.29, 1.82) is 0 Å². The smallest absolute Gasteiger partial charge is 0.211 e. The Hall–Kier alpha value is -0.820. The quantitative estimate of drug-likeness (QED) is 0.435. The topological polar surface area (TPSA) is 73.8 Å². The van der Waals surface area contributed by atoms with E-state index in [9.17, 15) is 8.42 Å². The molecule has 2 aliphatic rings. The van der Waals surface area contributed by atoms with E-state index in [0.29, 0.717) is 18.5 Å². The van der Waals surface area contributed by atoms with Crippen LogP contribution in [-0.4, -0.2) is 57.8 Å². The highest BCUT2D eigenvalue weighted by Gasteiger charge is 2.41. The maximum atomic E-state index is 11.4. The van der Waals surface area contributed by atoms with Crippen molar-refractivity contribution in [3.63, 3.8) is 0 Å². The number of sulfonamides is 1. The fraction of sp³-hybridized carbons (Fsp3) is 0.933. The minimum Gasteiger partial charge on any atom is -0.357 e. The van der Waals surface area contributed by atoms with Crippen molar-refractivity contribution in [2.75, 3.05) is 38.5 Å². The summed E-state index contributed by atoms with van der Waals surface area (Å²) < 4.78 is 25.4. The molecule has 2 N–H and O–H groups in total. The molecule has 0 aromatic carbocycles. The van der Waals surface area contributed by atoms with Crippen LogP contribution in [0.25, 0.3) is 0 Å². The summed E-state index contributed by atoms with van der Waals surface area (Å²) in [6.07, 6.45) is 6.68. The predicted octanol–water partition coefficient (Wildman–Crippen LogP) is 1.16. The van der Waals surface area contributed by atoms with Crippen molar-refractivity contribution in [2.24, 2.45) is 10.4 Å². The van der Waals surface area contributed by atoms with E-state index >= 15 is 0 Å². The van der Waals surface area contributed by atoms with E-state index in [0.717, 1.165) is 25.6 Å². The zero-order valence-electron chi connectivity index (χ0n) is 13.9. The van der Waals surface area contributed by atoms with Gasteiger partial charge in [0.25, 0.3) is 0 Å². The van der Waals surface area contributed by atoms with Crippen molar-refractivity contribution < 1.29 is 8.42 Å². The van der Waals surface area contributed by atoms with Gasteiger partial charge in [-0.05, 0) is 38.5 Å². The van der Waals surface area contributed by atoms with Gasteiger partial charge in [-0.25, -0.2) is 13.1 Å². The molecular formula is C15H30N4O2S. The summed E-state index contributed by atoms with van der Waals surface area (Å²) in [6.45, 7) is 7.54. The van der Waals surface area contributed by atoms with E-state index in [1.165, 1.54) is 32.1 Å². The van der Waals surface area contributed by atoms with Crippen molar-refractivity contribution in [3.8, 4) is 0 Å². The highest BCUT2D eigenvalue weighted by molar-refractivity contribution is 7.89. The number of rotatable bonds is 6. The maximum Gasteiger partial charge on any atom is 0.211 e. The van der Waals surface area contributed by atoms with E-state index in [1.807, 2.05) is 0 Å². The minimum atomic E-state index is -3.12. The van der Waals surface area contributed by atoms with E-state index in [-0.39, 0.29) is 5.75 Å². The predicted molar refractivity (Wildman–Crippen MR) is 90.5 cm³/mol. The second-order valence-corrected chi connectivity index (χ2v) is 8.51. The molecule has 1 saturated carbocycles. The van der Waals surface area contributed by atoms with Gasteiger partial charge in [0.05, 0.1) is 12.3 Å². The third-order valence-electron chi connectivity index (χ3n) is 4.81. The zero-order chi connectivity index (χ0) is 16.1. The molecule has 1 spiro atoms. The normalized spacial score (nSPS) is 21.7. The lowest BCUT2D eigenvalue weighted by molar-refractivity contribution is 0.309. The molecule has 1 saturated heterocycles. The molecule has 128 valence electrons. The second kappa shape index (κ2) is 7.64. The lowest BCUT2D eigenvalue weighted by atomic mass is 9.86. The first kappa shape index (κ1) is 17.5. The molecule has 2 rings (SSSR count). The van der Waals surface area contributed by atoms with Crippen molar-refractivity contribution in [1.82, 2.24) is 14.9 Å². The zero-order valence-corrected chi connectivity index (χ0v) is 14.7. The van der Waals surface area contributed by atoms with Crippen LogP contribution in [0, 0.1) is 5.41 Å². The number of likely N-dealkylation sites (tertiary alicyclic amines) is 1. The van der Waals surface area contributed by atoms with Crippen molar-refractivity contribution in [3.05, 3.63) is 0 Å². The lowest BCUT2D eigenvalue weighted by Gasteiger charge is -2.26. The molecule has 0 aromatic rings. The fourth-order valence-corrected chi connectivity index (χ4v) is 4.15. The highest BCUT2D eigenvalue weighted by Crippen LogP contribution is 2.45. The molecule has 1 aliphatic heterocycles. The largest absolute Gasteiger partial charge is 0.357 e. The molecule has 0 aromatic heterocycles. The van der Waals surface area contributed by atoms with Gasteiger partial charge in [0.2, 0.25) is 10.0 Å². The molecule has 7 heteroatoms. The number of hydrogen-bond donors (Lipinski definition) is 2. The first-order valence-electron chi connectivity index (χ1n) is 8.51. The summed E-state index contributed by atoms with van der Waals surface area (Å²) in [5.74, 6) is 1.05. The van der Waals surface area contributed by atoms with Crippen LogP contribution in [0.2, 0.25) is 0 Å². The number of hydrogen-bond acceptors (Lipinski definition) is 3. The van der Waals surface area contributed by atoms with Crippen LogP contribution in [0.5, 0.6) is 0 Å². The molecule has 0 atom stereocenters. The molecule has 6 nitrogen and oxygen atoms in total. The number of guanidine groups is 1. The first-order valence-corrected chi connectivity index (χ1v) is 10.2. The average molecular weight is 330 g/mol. The Balaban J connectivity index is 1.88. The summed E-state index contributed by atoms with van der Waals surface area (Å²) in [6, 6.07) is 0. The second-order valence-electron chi connectivity index (χ2n) is 6.41. The first-order chi connectivity index (χ1) is 10.5. The van der Waals surface area contributed by atoms with Crippen LogP contribution in [0.1, 0.15) is 46.0 Å². The Morgan fingerprint density at radius 1 is 1.23 bits per heavy atom. The summed E-state index contributed by atoms with van der Waals surface area (Å²) in [5, 5.41) is 3.34. The van der Waals surface area contributed by atoms with Crippen molar-refractivity contribution in [2.45, 2.75) is 46.0 Å². The molecular weight excluding hydrogens is 300 g/mol. The third-order valence-corrected chi connectivity index (χ3v) is 6.22. The van der Waals surface area contributed by atoms with Crippen LogP contribution in [0.4, 0.5) is 0 Å². The van der Waals surface area contributed by atoms with Crippen LogP contribution < -0.4 is 10.0 Å². The molecule has 22 heavy (non-hydrogen) atoms. The van der Waals surface area contributed by atoms with Gasteiger partial charge < -0.3 is 10.2 Å². The summed E-state index contributed by atoms with van der Waals surface area (Å²) >= 11 is 0. The Bertz CT molecular complexity index is 484. The van der Waals surface area contributed by atoms with Crippen LogP contribution >= 0.6 is 0 Å². The van der Waals surface area contributed by atoms with Crippen LogP contribution in [-0.2, 0) is 10.0 Å². The number of nitrogens with zero attached hydrogens (tertiary/aromatic N) is 2. The van der Waals surface area contributed by atoms with Crippen LogP contribution in [0.3, 0.4) is 0 Å². The maximum absolute atomic E-state index is 11.4. The number of nitrogens with one attached hydrogen (secondary N) is 2. The van der Waals surface area contributed by atoms with Gasteiger partial charge in [-0.3, -0.25) is 4.99 Å². The van der Waals surface area contributed by atoms with Gasteiger partial charge in [-0.1, -0.05) is 12.8 Å². The van der Waals surface area contributed by atoms with E-state index in [4.69, 9.17) is 0 Å². The van der Waals surface area contributed by atoms with Gasteiger partial charge in [0.15, 0.2) is 5.96 Å². The van der Waals surface area contributed by atoms with E-state index in [2.05, 4.69) is 26.9 Å². The van der Waals surface area contributed by atoms with Crippen molar-refractivity contribution >= 4 is 16.0 Å². The molecule has 1 aliphatic carbocycles. The van der Waals surface area contributed by atoms with Gasteiger partial charge >= 0.3 is 0 Å². The van der Waals surface area contributed by atoms with Gasteiger partial charge in [0, 0.05) is 26.2 Å². The summed E-state index contributed by atoms with van der Waals surface area (Å²) in [5.41, 5.74) is 0.514. The molecule has 0 unspecified atom stereocenters. The fourth-order valence-electron chi connectivity index (χ4n) is 3.54. The summed E-state index contributed by atoms with van der Waals surface area (Å²) in [7, 11) is -3.12. The summed E-state index contributed by atoms with van der Waals surface area (Å²) in [4.78, 5) is 6.94. The van der Waals surface area contributed by atoms with Gasteiger partial charge in [-0.2, -0.15) is 0 Å². The Morgan fingerprint density at radius 2 is 1.95 bits per heavy atom. The lowest BCUT2D eigenvalue weighted by Crippen LogP contribution is -2.41. The van der Waals surface area contributed by atoms with Gasteiger partial charge in [0.1, 0.15) is 0 Å². The SMILES string of the molecule is CCNC(=NCCNS(=O)(=O)CC)N1CCC2(CCCC2)C1. The molecule has 0 radical (unpaired) electrons. The Labute approximate surface area is 134 Å². The highest BCUT2D eigenvalue weighted by atomic mass is 32.2. The molecule has 2 fully saturated rings. The monoisotopic (exact) mass is 330 g/mol. The van der Waals surface area contributed by atoms with E-state index in [1.54, 1.807) is 6.92 Å². The minimum absolute atomic E-state index is 0.116. The van der Waals surface area contributed by atoms with E-state index < -0.39 is 10.0 Å². The molecule has 0 amide bonds. The molecule has 0 bridgehead atoms.